The lowest BCUT2D eigenvalue weighted by molar-refractivity contribution is -0.140. The van der Waals surface area contributed by atoms with Crippen LogP contribution in [0.1, 0.15) is 162 Å². The average Bonchev–Trinajstić information content (AvgIpc) is 2.78. The lowest BCUT2D eigenvalue weighted by Gasteiger charge is -2.17. The molecular formula is C30H58O2. The highest BCUT2D eigenvalue weighted by Gasteiger charge is 2.12. The summed E-state index contributed by atoms with van der Waals surface area (Å²) in [6, 6.07) is 0. The Morgan fingerprint density at radius 2 is 0.906 bits per heavy atom. The van der Waals surface area contributed by atoms with Gasteiger partial charge in [-0.3, -0.25) is 0 Å². The van der Waals surface area contributed by atoms with E-state index in [-0.39, 0.29) is 5.97 Å². The van der Waals surface area contributed by atoms with E-state index >= 15 is 0 Å². The smallest absolute Gasteiger partial charge is 0.333 e. The minimum atomic E-state index is -0.223. The predicted octanol–water partition coefficient (Wildman–Crippen LogP) is 10.3. The molecule has 0 saturated heterocycles. The highest BCUT2D eigenvalue weighted by Crippen LogP contribution is 2.20. The molecule has 0 rings (SSSR count). The maximum atomic E-state index is 11.8. The summed E-state index contributed by atoms with van der Waals surface area (Å²) in [4.78, 5) is 11.8. The molecule has 0 aliphatic heterocycles. The Bertz CT molecular complexity index is 415. The summed E-state index contributed by atoms with van der Waals surface area (Å²) >= 11 is 0. The third kappa shape index (κ3) is 22.4. The number of esters is 1. The molecule has 0 aromatic carbocycles. The molecule has 190 valence electrons. The van der Waals surface area contributed by atoms with Gasteiger partial charge in [-0.05, 0) is 25.7 Å². The second-order valence-corrected chi connectivity index (χ2v) is 10.2. The number of ether oxygens (including phenoxy) is 1. The van der Waals surface area contributed by atoms with Crippen LogP contribution in [0, 0.1) is 5.92 Å². The molecule has 0 aromatic heterocycles. The SMILES string of the molecule is C=C(C)C(=O)OCC(CCCCCCCC)CCCCCCCCCCCCCCCC. The first kappa shape index (κ1) is 31.2. The summed E-state index contributed by atoms with van der Waals surface area (Å²) in [6.45, 7) is 10.6. The van der Waals surface area contributed by atoms with Crippen molar-refractivity contribution in [3.63, 3.8) is 0 Å². The maximum Gasteiger partial charge on any atom is 0.333 e. The van der Waals surface area contributed by atoms with Crippen molar-refractivity contribution in [2.24, 2.45) is 5.92 Å². The van der Waals surface area contributed by atoms with Crippen molar-refractivity contribution < 1.29 is 9.53 Å². The molecule has 0 fully saturated rings. The number of carbonyl (C=O) groups excluding carboxylic acids is 1. The van der Waals surface area contributed by atoms with Crippen LogP contribution in [0.5, 0.6) is 0 Å². The van der Waals surface area contributed by atoms with Crippen molar-refractivity contribution in [1.82, 2.24) is 0 Å². The number of hydrogen-bond donors (Lipinski definition) is 0. The standard InChI is InChI=1S/C30H58O2/c1-5-7-9-11-13-14-15-16-17-18-19-20-22-24-26-29(27-32-30(31)28(3)4)25-23-21-12-10-8-6-2/h29H,3,5-27H2,1-2,4H3. The first-order valence-corrected chi connectivity index (χ1v) is 14.4. The molecule has 1 unspecified atom stereocenters. The summed E-state index contributed by atoms with van der Waals surface area (Å²) < 4.78 is 5.49. The van der Waals surface area contributed by atoms with E-state index in [0.29, 0.717) is 18.1 Å². The molecule has 0 saturated carbocycles. The van der Waals surface area contributed by atoms with Crippen LogP contribution in [0.2, 0.25) is 0 Å². The second kappa shape index (κ2) is 24.8. The zero-order valence-corrected chi connectivity index (χ0v) is 22.4. The topological polar surface area (TPSA) is 26.3 Å². The predicted molar refractivity (Wildman–Crippen MR) is 142 cm³/mol. The van der Waals surface area contributed by atoms with E-state index in [9.17, 15) is 4.79 Å². The highest BCUT2D eigenvalue weighted by molar-refractivity contribution is 5.86. The van der Waals surface area contributed by atoms with Crippen LogP contribution in [0.4, 0.5) is 0 Å². The molecule has 0 aromatic rings. The van der Waals surface area contributed by atoms with Crippen molar-refractivity contribution >= 4 is 5.97 Å². The Balaban J connectivity index is 3.74. The molecule has 0 N–H and O–H groups in total. The van der Waals surface area contributed by atoms with E-state index in [4.69, 9.17) is 4.74 Å². The normalized spacial score (nSPS) is 12.1. The van der Waals surface area contributed by atoms with Gasteiger partial charge < -0.3 is 4.74 Å². The van der Waals surface area contributed by atoms with Crippen LogP contribution >= 0.6 is 0 Å². The largest absolute Gasteiger partial charge is 0.462 e. The molecule has 0 aliphatic carbocycles. The van der Waals surface area contributed by atoms with Gasteiger partial charge in [0.25, 0.3) is 0 Å². The first-order chi connectivity index (χ1) is 15.6. The minimum Gasteiger partial charge on any atom is -0.462 e. The van der Waals surface area contributed by atoms with Crippen LogP contribution in [0.25, 0.3) is 0 Å². The summed E-state index contributed by atoms with van der Waals surface area (Å²) in [5, 5.41) is 0. The van der Waals surface area contributed by atoms with Crippen molar-refractivity contribution in [3.05, 3.63) is 12.2 Å². The molecule has 2 nitrogen and oxygen atoms in total. The molecule has 0 heterocycles. The fourth-order valence-electron chi connectivity index (χ4n) is 4.47. The molecule has 0 bridgehead atoms. The van der Waals surface area contributed by atoms with Crippen molar-refractivity contribution in [1.29, 1.82) is 0 Å². The Kier molecular flexibility index (Phi) is 24.2. The number of unbranched alkanes of at least 4 members (excludes halogenated alkanes) is 18. The van der Waals surface area contributed by atoms with E-state index < -0.39 is 0 Å². The fraction of sp³-hybridized carbons (Fsp3) is 0.900. The quantitative estimate of drug-likeness (QED) is 0.0785. The monoisotopic (exact) mass is 450 g/mol. The van der Waals surface area contributed by atoms with Gasteiger partial charge in [-0.15, -0.1) is 0 Å². The Hall–Kier alpha value is -0.790. The van der Waals surface area contributed by atoms with Crippen LogP contribution < -0.4 is 0 Å². The van der Waals surface area contributed by atoms with Gasteiger partial charge in [0.05, 0.1) is 6.61 Å². The summed E-state index contributed by atoms with van der Waals surface area (Å²) in [6.07, 6.45) is 30.0. The van der Waals surface area contributed by atoms with Crippen molar-refractivity contribution in [2.75, 3.05) is 6.61 Å². The highest BCUT2D eigenvalue weighted by atomic mass is 16.5. The zero-order valence-electron chi connectivity index (χ0n) is 22.4. The van der Waals surface area contributed by atoms with Crippen molar-refractivity contribution in [3.8, 4) is 0 Å². The fourth-order valence-corrected chi connectivity index (χ4v) is 4.47. The van der Waals surface area contributed by atoms with Crippen LogP contribution in [0.15, 0.2) is 12.2 Å². The molecule has 0 aliphatic rings. The van der Waals surface area contributed by atoms with E-state index in [2.05, 4.69) is 20.4 Å². The van der Waals surface area contributed by atoms with Gasteiger partial charge in [0.2, 0.25) is 0 Å². The second-order valence-electron chi connectivity index (χ2n) is 10.2. The lowest BCUT2D eigenvalue weighted by Crippen LogP contribution is -2.15. The molecule has 0 spiro atoms. The molecule has 1 atom stereocenters. The summed E-state index contributed by atoms with van der Waals surface area (Å²) in [7, 11) is 0. The van der Waals surface area contributed by atoms with E-state index in [1.807, 2.05) is 0 Å². The average molecular weight is 451 g/mol. The maximum absolute atomic E-state index is 11.8. The van der Waals surface area contributed by atoms with Gasteiger partial charge in [-0.2, -0.15) is 0 Å². The Labute approximate surface area is 202 Å². The van der Waals surface area contributed by atoms with Gasteiger partial charge in [0, 0.05) is 5.57 Å². The summed E-state index contributed by atoms with van der Waals surface area (Å²) in [5.41, 5.74) is 0.514. The number of hydrogen-bond acceptors (Lipinski definition) is 2. The minimum absolute atomic E-state index is 0.223. The van der Waals surface area contributed by atoms with Gasteiger partial charge in [0.1, 0.15) is 0 Å². The third-order valence-corrected chi connectivity index (χ3v) is 6.73. The van der Waals surface area contributed by atoms with Crippen LogP contribution in [0.3, 0.4) is 0 Å². The molecule has 0 amide bonds. The lowest BCUT2D eigenvalue weighted by atomic mass is 9.94. The molecular weight excluding hydrogens is 392 g/mol. The Morgan fingerprint density at radius 1 is 0.594 bits per heavy atom. The van der Waals surface area contributed by atoms with Crippen LogP contribution in [-0.2, 0) is 9.53 Å². The Morgan fingerprint density at radius 3 is 1.22 bits per heavy atom. The van der Waals surface area contributed by atoms with Gasteiger partial charge in [0.15, 0.2) is 0 Å². The zero-order chi connectivity index (χ0) is 23.7. The van der Waals surface area contributed by atoms with E-state index in [1.165, 1.54) is 141 Å². The molecule has 2 heteroatoms. The third-order valence-electron chi connectivity index (χ3n) is 6.73. The number of rotatable bonds is 25. The van der Waals surface area contributed by atoms with E-state index in [1.54, 1.807) is 6.92 Å². The van der Waals surface area contributed by atoms with Crippen LogP contribution in [-0.4, -0.2) is 12.6 Å². The van der Waals surface area contributed by atoms with E-state index in [0.717, 1.165) is 0 Å². The number of carbonyl (C=O) groups is 1. The van der Waals surface area contributed by atoms with Gasteiger partial charge in [-0.1, -0.05) is 149 Å². The van der Waals surface area contributed by atoms with Crippen molar-refractivity contribution in [2.45, 2.75) is 162 Å². The summed E-state index contributed by atoms with van der Waals surface area (Å²) in [5.74, 6) is 0.306. The molecule has 32 heavy (non-hydrogen) atoms. The molecule has 0 radical (unpaired) electrons. The van der Waals surface area contributed by atoms with Gasteiger partial charge >= 0.3 is 5.97 Å². The first-order valence-electron chi connectivity index (χ1n) is 14.4. The van der Waals surface area contributed by atoms with Gasteiger partial charge in [-0.25, -0.2) is 4.79 Å².